The third-order valence-corrected chi connectivity index (χ3v) is 5.09. The summed E-state index contributed by atoms with van der Waals surface area (Å²) in [6.07, 6.45) is 0.691. The SMILES string of the molecule is Cc1cc(C(C)(C)C)cc(CNCc2cc(C(C)(C)C)cc(C=O)c2O)c1O. The summed E-state index contributed by atoms with van der Waals surface area (Å²) in [5, 5.41) is 24.1. The third kappa shape index (κ3) is 4.93. The van der Waals surface area contributed by atoms with Gasteiger partial charge in [0, 0.05) is 24.2 Å². The summed E-state index contributed by atoms with van der Waals surface area (Å²) >= 11 is 0. The van der Waals surface area contributed by atoms with Crippen LogP contribution in [0.2, 0.25) is 0 Å². The summed E-state index contributed by atoms with van der Waals surface area (Å²) in [6, 6.07) is 7.73. The van der Waals surface area contributed by atoms with Crippen molar-refractivity contribution in [3.05, 3.63) is 57.6 Å². The Bertz CT molecular complexity index is 871. The fraction of sp³-hybridized carbons (Fsp3) is 0.458. The van der Waals surface area contributed by atoms with Crippen LogP contribution < -0.4 is 5.32 Å². The van der Waals surface area contributed by atoms with Gasteiger partial charge in [-0.15, -0.1) is 0 Å². The van der Waals surface area contributed by atoms with Crippen LogP contribution in [-0.4, -0.2) is 16.5 Å². The van der Waals surface area contributed by atoms with Crippen LogP contribution >= 0.6 is 0 Å². The highest BCUT2D eigenvalue weighted by molar-refractivity contribution is 5.80. The number of aromatic hydroxyl groups is 2. The van der Waals surface area contributed by atoms with Gasteiger partial charge >= 0.3 is 0 Å². The maximum atomic E-state index is 11.4. The molecule has 4 nitrogen and oxygen atoms in total. The Morgan fingerprint density at radius 1 is 0.821 bits per heavy atom. The van der Waals surface area contributed by atoms with Crippen molar-refractivity contribution in [2.75, 3.05) is 0 Å². The van der Waals surface area contributed by atoms with Gasteiger partial charge in [0.05, 0.1) is 5.56 Å². The first kappa shape index (κ1) is 22.0. The number of phenolic OH excluding ortho intramolecular Hbond substituents is 2. The summed E-state index contributed by atoms with van der Waals surface area (Å²) < 4.78 is 0. The van der Waals surface area contributed by atoms with E-state index < -0.39 is 0 Å². The second-order valence-corrected chi connectivity index (χ2v) is 9.60. The largest absolute Gasteiger partial charge is 0.507 e. The Labute approximate surface area is 168 Å². The molecular formula is C24H33NO3. The zero-order valence-corrected chi connectivity index (χ0v) is 18.1. The lowest BCUT2D eigenvalue weighted by Crippen LogP contribution is -2.17. The molecule has 0 radical (unpaired) electrons. The molecular weight excluding hydrogens is 350 g/mol. The van der Waals surface area contributed by atoms with Gasteiger partial charge in [-0.2, -0.15) is 0 Å². The van der Waals surface area contributed by atoms with Crippen LogP contribution in [0.25, 0.3) is 0 Å². The van der Waals surface area contributed by atoms with Crippen molar-refractivity contribution in [2.45, 2.75) is 72.4 Å². The minimum atomic E-state index is -0.128. The molecule has 2 rings (SSSR count). The predicted octanol–water partition coefficient (Wildman–Crippen LogP) is 5.10. The van der Waals surface area contributed by atoms with E-state index in [9.17, 15) is 15.0 Å². The summed E-state index contributed by atoms with van der Waals surface area (Å²) in [5.41, 5.74) is 4.69. The highest BCUT2D eigenvalue weighted by atomic mass is 16.3. The molecule has 0 amide bonds. The first-order valence-corrected chi connectivity index (χ1v) is 9.70. The molecule has 3 N–H and O–H groups in total. The van der Waals surface area contributed by atoms with Crippen molar-refractivity contribution in [3.63, 3.8) is 0 Å². The number of nitrogens with one attached hydrogen (secondary N) is 1. The average Bonchev–Trinajstić information content (AvgIpc) is 2.57. The van der Waals surface area contributed by atoms with Crippen molar-refractivity contribution in [1.82, 2.24) is 5.32 Å². The quantitative estimate of drug-likeness (QED) is 0.628. The minimum absolute atomic E-state index is 0.00855. The Balaban J connectivity index is 2.27. The molecule has 4 heteroatoms. The Kier molecular flexibility index (Phi) is 6.24. The monoisotopic (exact) mass is 383 g/mol. The molecule has 0 saturated heterocycles. The maximum absolute atomic E-state index is 11.4. The lowest BCUT2D eigenvalue weighted by molar-refractivity contribution is 0.112. The number of aldehydes is 1. The summed E-state index contributed by atoms with van der Waals surface area (Å²) in [7, 11) is 0. The van der Waals surface area contributed by atoms with Crippen LogP contribution in [0.1, 0.15) is 79.7 Å². The molecule has 2 aromatic carbocycles. The molecule has 0 bridgehead atoms. The van der Waals surface area contributed by atoms with Crippen molar-refractivity contribution in [1.29, 1.82) is 0 Å². The molecule has 2 aromatic rings. The van der Waals surface area contributed by atoms with Crippen molar-refractivity contribution in [2.24, 2.45) is 0 Å². The zero-order chi connectivity index (χ0) is 21.3. The summed E-state index contributed by atoms with van der Waals surface area (Å²) in [5.74, 6) is 0.307. The van der Waals surface area contributed by atoms with Gasteiger partial charge in [-0.3, -0.25) is 4.79 Å². The Hall–Kier alpha value is -2.33. The van der Waals surface area contributed by atoms with Crippen LogP contribution in [0.5, 0.6) is 11.5 Å². The lowest BCUT2D eigenvalue weighted by atomic mass is 9.84. The average molecular weight is 384 g/mol. The topological polar surface area (TPSA) is 69.6 Å². The van der Waals surface area contributed by atoms with Crippen LogP contribution in [0.4, 0.5) is 0 Å². The molecule has 0 fully saturated rings. The third-order valence-electron chi connectivity index (χ3n) is 5.09. The highest BCUT2D eigenvalue weighted by Gasteiger charge is 2.19. The molecule has 0 aliphatic rings. The molecule has 0 saturated carbocycles. The number of phenols is 2. The summed E-state index contributed by atoms with van der Waals surface area (Å²) in [4.78, 5) is 11.4. The zero-order valence-electron chi connectivity index (χ0n) is 18.1. The minimum Gasteiger partial charge on any atom is -0.507 e. The van der Waals surface area contributed by atoms with Crippen molar-refractivity contribution < 1.29 is 15.0 Å². The van der Waals surface area contributed by atoms with E-state index in [0.29, 0.717) is 36.3 Å². The van der Waals surface area contributed by atoms with E-state index in [-0.39, 0.29) is 16.6 Å². The molecule has 152 valence electrons. The van der Waals surface area contributed by atoms with E-state index in [1.807, 2.05) is 25.1 Å². The van der Waals surface area contributed by atoms with Crippen molar-refractivity contribution >= 4 is 6.29 Å². The Morgan fingerprint density at radius 3 is 1.75 bits per heavy atom. The summed E-state index contributed by atoms with van der Waals surface area (Å²) in [6.45, 7) is 15.4. The normalized spacial score (nSPS) is 12.2. The maximum Gasteiger partial charge on any atom is 0.153 e. The van der Waals surface area contributed by atoms with Crippen LogP contribution in [0.15, 0.2) is 24.3 Å². The van der Waals surface area contributed by atoms with Gasteiger partial charge in [0.2, 0.25) is 0 Å². The van der Waals surface area contributed by atoms with Crippen LogP contribution in [0.3, 0.4) is 0 Å². The van der Waals surface area contributed by atoms with Crippen LogP contribution in [0, 0.1) is 6.92 Å². The lowest BCUT2D eigenvalue weighted by Gasteiger charge is -2.22. The fourth-order valence-electron chi connectivity index (χ4n) is 3.13. The van der Waals surface area contributed by atoms with E-state index in [4.69, 9.17) is 0 Å². The molecule has 28 heavy (non-hydrogen) atoms. The number of carbonyl (C=O) groups excluding carboxylic acids is 1. The first-order valence-electron chi connectivity index (χ1n) is 9.70. The van der Waals surface area contributed by atoms with E-state index in [1.54, 1.807) is 6.07 Å². The molecule has 0 unspecified atom stereocenters. The van der Waals surface area contributed by atoms with E-state index in [1.165, 1.54) is 5.56 Å². The smallest absolute Gasteiger partial charge is 0.153 e. The molecule has 0 aromatic heterocycles. The van der Waals surface area contributed by atoms with Gasteiger partial charge in [-0.1, -0.05) is 59.7 Å². The molecule has 0 aliphatic heterocycles. The molecule has 0 aliphatic carbocycles. The van der Waals surface area contributed by atoms with Gasteiger partial charge in [-0.25, -0.2) is 0 Å². The predicted molar refractivity (Wildman–Crippen MR) is 114 cm³/mol. The molecule has 0 heterocycles. The van der Waals surface area contributed by atoms with Gasteiger partial charge in [0.25, 0.3) is 0 Å². The standard InChI is InChI=1S/C24H33NO3/c1-15-8-19(23(2,3)4)9-16(21(15)27)12-25-13-17-10-20(24(5,6)7)11-18(14-26)22(17)28/h8-11,14,25,27-28H,12-13H2,1-7H3. The number of hydrogen-bond acceptors (Lipinski definition) is 4. The molecule has 0 atom stereocenters. The van der Waals surface area contributed by atoms with E-state index in [2.05, 4.69) is 46.9 Å². The van der Waals surface area contributed by atoms with E-state index in [0.717, 1.165) is 16.7 Å². The fourth-order valence-corrected chi connectivity index (χ4v) is 3.13. The van der Waals surface area contributed by atoms with E-state index >= 15 is 0 Å². The molecule has 0 spiro atoms. The van der Waals surface area contributed by atoms with Crippen LogP contribution in [-0.2, 0) is 23.9 Å². The second kappa shape index (κ2) is 7.96. The number of carbonyl (C=O) groups is 1. The number of rotatable bonds is 5. The Morgan fingerprint density at radius 2 is 1.29 bits per heavy atom. The number of hydrogen-bond donors (Lipinski definition) is 3. The first-order chi connectivity index (χ1) is 12.8. The van der Waals surface area contributed by atoms with Gasteiger partial charge in [0.1, 0.15) is 11.5 Å². The van der Waals surface area contributed by atoms with Crippen molar-refractivity contribution in [3.8, 4) is 11.5 Å². The van der Waals surface area contributed by atoms with Gasteiger partial charge < -0.3 is 15.5 Å². The number of aryl methyl sites for hydroxylation is 1. The highest BCUT2D eigenvalue weighted by Crippen LogP contribution is 2.32. The van der Waals surface area contributed by atoms with Gasteiger partial charge in [-0.05, 0) is 40.5 Å². The second-order valence-electron chi connectivity index (χ2n) is 9.60. The number of benzene rings is 2. The van der Waals surface area contributed by atoms with Gasteiger partial charge in [0.15, 0.2) is 6.29 Å².